The molecule has 6 nitrogen and oxygen atoms in total. The molecule has 0 saturated carbocycles. The van der Waals surface area contributed by atoms with Crippen molar-refractivity contribution in [1.82, 2.24) is 15.0 Å². The Morgan fingerprint density at radius 1 is 1.25 bits per heavy atom. The molecule has 0 saturated heterocycles. The summed E-state index contributed by atoms with van der Waals surface area (Å²) in [6.45, 7) is 7.58. The largest absolute Gasteiger partial charge is 0.461 e. The zero-order valence-electron chi connectivity index (χ0n) is 12.7. The van der Waals surface area contributed by atoms with Gasteiger partial charge in [0.15, 0.2) is 5.16 Å². The SMILES string of the molecule is CCCNc1nc(OC(C)C)nc(SCCCOC)n1. The highest BCUT2D eigenvalue weighted by Crippen LogP contribution is 2.19. The lowest BCUT2D eigenvalue weighted by atomic mass is 10.5. The van der Waals surface area contributed by atoms with Crippen LogP contribution in [0.15, 0.2) is 5.16 Å². The lowest BCUT2D eigenvalue weighted by Crippen LogP contribution is -2.12. The highest BCUT2D eigenvalue weighted by Gasteiger charge is 2.09. The molecule has 0 atom stereocenters. The van der Waals surface area contributed by atoms with E-state index in [9.17, 15) is 0 Å². The normalized spacial score (nSPS) is 10.8. The van der Waals surface area contributed by atoms with Gasteiger partial charge in [0.25, 0.3) is 0 Å². The van der Waals surface area contributed by atoms with Gasteiger partial charge in [-0.2, -0.15) is 15.0 Å². The molecule has 0 fully saturated rings. The maximum Gasteiger partial charge on any atom is 0.322 e. The molecule has 0 unspecified atom stereocenters. The first-order valence-corrected chi connectivity index (χ1v) is 7.92. The van der Waals surface area contributed by atoms with Crippen molar-refractivity contribution < 1.29 is 9.47 Å². The zero-order chi connectivity index (χ0) is 14.8. The van der Waals surface area contributed by atoms with Crippen LogP contribution in [0.2, 0.25) is 0 Å². The second-order valence-corrected chi connectivity index (χ2v) is 5.57. The molecule has 0 amide bonds. The van der Waals surface area contributed by atoms with E-state index in [1.54, 1.807) is 18.9 Å². The number of nitrogens with one attached hydrogen (secondary N) is 1. The average molecular weight is 300 g/mol. The number of rotatable bonds is 10. The maximum atomic E-state index is 5.56. The number of aromatic nitrogens is 3. The Bertz CT molecular complexity index is 391. The van der Waals surface area contributed by atoms with E-state index in [2.05, 4.69) is 27.2 Å². The molecule has 1 aromatic rings. The summed E-state index contributed by atoms with van der Waals surface area (Å²) < 4.78 is 10.6. The van der Waals surface area contributed by atoms with Crippen LogP contribution < -0.4 is 10.1 Å². The molecule has 1 N–H and O–H groups in total. The molecule has 0 spiro atoms. The van der Waals surface area contributed by atoms with Crippen LogP contribution >= 0.6 is 11.8 Å². The molecular weight excluding hydrogens is 276 g/mol. The molecule has 114 valence electrons. The summed E-state index contributed by atoms with van der Waals surface area (Å²) in [5.41, 5.74) is 0. The third kappa shape index (κ3) is 6.91. The van der Waals surface area contributed by atoms with Crippen LogP contribution in [0.25, 0.3) is 0 Å². The highest BCUT2D eigenvalue weighted by atomic mass is 32.2. The van der Waals surface area contributed by atoms with Gasteiger partial charge in [-0.05, 0) is 26.7 Å². The number of methoxy groups -OCH3 is 1. The molecule has 7 heteroatoms. The second kappa shape index (κ2) is 9.77. The Labute approximate surface area is 125 Å². The van der Waals surface area contributed by atoms with Crippen molar-refractivity contribution in [1.29, 1.82) is 0 Å². The van der Waals surface area contributed by atoms with E-state index in [1.165, 1.54) is 0 Å². The summed E-state index contributed by atoms with van der Waals surface area (Å²) in [4.78, 5) is 13.0. The van der Waals surface area contributed by atoms with Crippen molar-refractivity contribution >= 4 is 17.7 Å². The van der Waals surface area contributed by atoms with Crippen LogP contribution in [0, 0.1) is 0 Å². The summed E-state index contributed by atoms with van der Waals surface area (Å²) in [5.74, 6) is 1.48. The molecular formula is C13H24N4O2S. The number of anilines is 1. The van der Waals surface area contributed by atoms with Crippen LogP contribution in [0.4, 0.5) is 5.95 Å². The quantitative estimate of drug-likeness (QED) is 0.526. The summed E-state index contributed by atoms with van der Waals surface area (Å²) in [6, 6.07) is 0.378. The molecule has 20 heavy (non-hydrogen) atoms. The van der Waals surface area contributed by atoms with Crippen LogP contribution in [-0.4, -0.2) is 47.1 Å². The van der Waals surface area contributed by atoms with Gasteiger partial charge in [-0.15, -0.1) is 0 Å². The van der Waals surface area contributed by atoms with E-state index in [4.69, 9.17) is 9.47 Å². The van der Waals surface area contributed by atoms with Crippen LogP contribution in [0.5, 0.6) is 6.01 Å². The van der Waals surface area contributed by atoms with Gasteiger partial charge in [0.1, 0.15) is 0 Å². The van der Waals surface area contributed by atoms with Gasteiger partial charge in [-0.1, -0.05) is 18.7 Å². The molecule has 0 aromatic carbocycles. The van der Waals surface area contributed by atoms with Crippen LogP contribution in [-0.2, 0) is 4.74 Å². The molecule has 1 aromatic heterocycles. The molecule has 1 heterocycles. The van der Waals surface area contributed by atoms with Gasteiger partial charge in [0.2, 0.25) is 5.95 Å². The predicted molar refractivity (Wildman–Crippen MR) is 81.6 cm³/mol. The first-order valence-electron chi connectivity index (χ1n) is 6.94. The van der Waals surface area contributed by atoms with E-state index in [0.29, 0.717) is 17.1 Å². The van der Waals surface area contributed by atoms with E-state index in [-0.39, 0.29) is 6.10 Å². The van der Waals surface area contributed by atoms with Gasteiger partial charge >= 0.3 is 6.01 Å². The van der Waals surface area contributed by atoms with Crippen molar-refractivity contribution in [2.45, 2.75) is 44.9 Å². The Morgan fingerprint density at radius 2 is 2.05 bits per heavy atom. The Balaban J connectivity index is 2.69. The van der Waals surface area contributed by atoms with E-state index in [0.717, 1.165) is 31.7 Å². The summed E-state index contributed by atoms with van der Waals surface area (Å²) in [5, 5.41) is 3.86. The molecule has 1 rings (SSSR count). The smallest absolute Gasteiger partial charge is 0.322 e. The number of hydrogen-bond acceptors (Lipinski definition) is 7. The summed E-state index contributed by atoms with van der Waals surface area (Å²) in [6.07, 6.45) is 2.02. The first-order chi connectivity index (χ1) is 9.65. The van der Waals surface area contributed by atoms with Gasteiger partial charge in [-0.3, -0.25) is 0 Å². The van der Waals surface area contributed by atoms with Crippen molar-refractivity contribution in [2.75, 3.05) is 31.3 Å². The van der Waals surface area contributed by atoms with Crippen molar-refractivity contribution in [2.24, 2.45) is 0 Å². The van der Waals surface area contributed by atoms with E-state index in [1.807, 2.05) is 13.8 Å². The number of thioether (sulfide) groups is 1. The van der Waals surface area contributed by atoms with Crippen LogP contribution in [0.3, 0.4) is 0 Å². The standard InChI is InChI=1S/C13H24N4O2S/c1-5-7-14-11-15-12(19-10(2)3)17-13(16-11)20-9-6-8-18-4/h10H,5-9H2,1-4H3,(H,14,15,16,17). The Hall–Kier alpha value is -1.08. The van der Waals surface area contributed by atoms with E-state index < -0.39 is 0 Å². The van der Waals surface area contributed by atoms with Gasteiger partial charge < -0.3 is 14.8 Å². The maximum absolute atomic E-state index is 5.56. The van der Waals surface area contributed by atoms with E-state index >= 15 is 0 Å². The summed E-state index contributed by atoms with van der Waals surface area (Å²) in [7, 11) is 1.70. The third-order valence-electron chi connectivity index (χ3n) is 2.19. The fourth-order valence-electron chi connectivity index (χ4n) is 1.35. The minimum atomic E-state index is 0.0442. The Kier molecular flexibility index (Phi) is 8.29. The fourth-order valence-corrected chi connectivity index (χ4v) is 2.09. The molecule has 0 aliphatic carbocycles. The third-order valence-corrected chi connectivity index (χ3v) is 3.13. The lowest BCUT2D eigenvalue weighted by Gasteiger charge is -2.10. The fraction of sp³-hybridized carbons (Fsp3) is 0.769. The zero-order valence-corrected chi connectivity index (χ0v) is 13.5. The monoisotopic (exact) mass is 300 g/mol. The van der Waals surface area contributed by atoms with Crippen LogP contribution in [0.1, 0.15) is 33.6 Å². The Morgan fingerprint density at radius 3 is 2.70 bits per heavy atom. The van der Waals surface area contributed by atoms with Crippen molar-refractivity contribution in [3.63, 3.8) is 0 Å². The van der Waals surface area contributed by atoms with Crippen molar-refractivity contribution in [3.05, 3.63) is 0 Å². The van der Waals surface area contributed by atoms with Gasteiger partial charge in [-0.25, -0.2) is 0 Å². The van der Waals surface area contributed by atoms with Gasteiger partial charge in [0, 0.05) is 26.0 Å². The summed E-state index contributed by atoms with van der Waals surface area (Å²) >= 11 is 1.59. The van der Waals surface area contributed by atoms with Gasteiger partial charge in [0.05, 0.1) is 6.10 Å². The molecule has 0 bridgehead atoms. The number of ether oxygens (including phenoxy) is 2. The second-order valence-electron chi connectivity index (χ2n) is 4.51. The predicted octanol–water partition coefficient (Wildman–Crippen LogP) is 2.61. The molecule has 0 aliphatic rings. The number of hydrogen-bond donors (Lipinski definition) is 1. The molecule has 0 aliphatic heterocycles. The minimum Gasteiger partial charge on any atom is -0.461 e. The molecule has 0 radical (unpaired) electrons. The number of nitrogens with zero attached hydrogens (tertiary/aromatic N) is 3. The lowest BCUT2D eigenvalue weighted by molar-refractivity contribution is 0.200. The van der Waals surface area contributed by atoms with Crippen molar-refractivity contribution in [3.8, 4) is 6.01 Å². The highest BCUT2D eigenvalue weighted by molar-refractivity contribution is 7.99. The average Bonchev–Trinajstić information content (AvgIpc) is 2.40. The topological polar surface area (TPSA) is 69.2 Å². The first kappa shape index (κ1) is 17.0. The minimum absolute atomic E-state index is 0.0442.